The Hall–Kier alpha value is -3.78. The largest absolute Gasteiger partial charge is 0.486 e. The average molecular weight is 356 g/mol. The Labute approximate surface area is 156 Å². The summed E-state index contributed by atoms with van der Waals surface area (Å²) in [7, 11) is 0. The summed E-state index contributed by atoms with van der Waals surface area (Å²) >= 11 is 0. The summed E-state index contributed by atoms with van der Waals surface area (Å²) in [6.07, 6.45) is 1.58. The lowest BCUT2D eigenvalue weighted by atomic mass is 10.0. The molecule has 5 heteroatoms. The molecule has 0 spiro atoms. The van der Waals surface area contributed by atoms with Crippen molar-refractivity contribution in [3.8, 4) is 17.6 Å². The summed E-state index contributed by atoms with van der Waals surface area (Å²) in [5.41, 5.74) is 1.37. The van der Waals surface area contributed by atoms with E-state index >= 15 is 0 Å². The van der Waals surface area contributed by atoms with Gasteiger partial charge >= 0.3 is 0 Å². The van der Waals surface area contributed by atoms with Crippen molar-refractivity contribution in [3.05, 3.63) is 71.8 Å². The number of carbonyl (C=O) groups excluding carboxylic acids is 1. The fourth-order valence-electron chi connectivity index (χ4n) is 2.93. The zero-order valence-corrected chi connectivity index (χ0v) is 14.4. The van der Waals surface area contributed by atoms with Gasteiger partial charge in [0.05, 0.1) is 0 Å². The Balaban J connectivity index is 1.57. The molecule has 0 aromatic heterocycles. The van der Waals surface area contributed by atoms with Crippen LogP contribution in [0.2, 0.25) is 0 Å². The van der Waals surface area contributed by atoms with Crippen LogP contribution in [0.5, 0.6) is 11.5 Å². The van der Waals surface area contributed by atoms with E-state index in [1.165, 1.54) is 0 Å². The second-order valence-electron chi connectivity index (χ2n) is 6.09. The third-order valence-corrected chi connectivity index (χ3v) is 4.25. The van der Waals surface area contributed by atoms with Gasteiger partial charge < -0.3 is 14.8 Å². The molecule has 0 unspecified atom stereocenters. The predicted octanol–water partition coefficient (Wildman–Crippen LogP) is 4.16. The maximum absolute atomic E-state index is 12.5. The second-order valence-corrected chi connectivity index (χ2v) is 6.09. The first-order valence-corrected chi connectivity index (χ1v) is 8.54. The molecule has 0 bridgehead atoms. The summed E-state index contributed by atoms with van der Waals surface area (Å²) in [4.78, 5) is 12.5. The first-order valence-electron chi connectivity index (χ1n) is 8.54. The third-order valence-electron chi connectivity index (χ3n) is 4.25. The van der Waals surface area contributed by atoms with Gasteiger partial charge in [0.1, 0.15) is 24.9 Å². The van der Waals surface area contributed by atoms with E-state index in [9.17, 15) is 10.1 Å². The first-order chi connectivity index (χ1) is 13.2. The third kappa shape index (κ3) is 3.60. The van der Waals surface area contributed by atoms with Crippen LogP contribution in [0.15, 0.2) is 66.2 Å². The molecule has 0 aliphatic carbocycles. The van der Waals surface area contributed by atoms with Gasteiger partial charge in [-0.3, -0.25) is 4.79 Å². The van der Waals surface area contributed by atoms with Crippen molar-refractivity contribution in [2.45, 2.75) is 0 Å². The summed E-state index contributed by atoms with van der Waals surface area (Å²) in [5.74, 6) is 0.755. The van der Waals surface area contributed by atoms with Crippen LogP contribution in [0, 0.1) is 11.3 Å². The molecule has 3 aromatic carbocycles. The molecule has 1 aliphatic heterocycles. The molecule has 5 nitrogen and oxygen atoms in total. The predicted molar refractivity (Wildman–Crippen MR) is 104 cm³/mol. The van der Waals surface area contributed by atoms with Crippen molar-refractivity contribution in [2.24, 2.45) is 0 Å². The van der Waals surface area contributed by atoms with Crippen LogP contribution < -0.4 is 14.8 Å². The molecule has 0 fully saturated rings. The van der Waals surface area contributed by atoms with Crippen LogP contribution in [0.25, 0.3) is 16.8 Å². The highest BCUT2D eigenvalue weighted by Crippen LogP contribution is 2.32. The zero-order chi connectivity index (χ0) is 18.6. The number of anilines is 1. The van der Waals surface area contributed by atoms with Crippen molar-refractivity contribution in [2.75, 3.05) is 18.5 Å². The smallest absolute Gasteiger partial charge is 0.266 e. The number of nitrogens with one attached hydrogen (secondary N) is 1. The Bertz CT molecular complexity index is 1100. The number of amides is 1. The van der Waals surface area contributed by atoms with E-state index in [-0.39, 0.29) is 5.57 Å². The lowest BCUT2D eigenvalue weighted by Gasteiger charge is -2.18. The van der Waals surface area contributed by atoms with Crippen LogP contribution in [0.1, 0.15) is 5.56 Å². The quantitative estimate of drug-likeness (QED) is 0.565. The minimum absolute atomic E-state index is 0.0279. The normalized spacial score (nSPS) is 13.1. The van der Waals surface area contributed by atoms with Gasteiger partial charge in [0.2, 0.25) is 0 Å². The number of nitriles is 1. The number of carbonyl (C=O) groups is 1. The average Bonchev–Trinajstić information content (AvgIpc) is 2.71. The Kier molecular flexibility index (Phi) is 4.46. The SMILES string of the molecule is N#CC(=Cc1ccc2ccccc2c1)C(=O)Nc1ccc2c(c1)OCCO2. The Morgan fingerprint density at radius 1 is 0.963 bits per heavy atom. The number of hydrogen-bond donors (Lipinski definition) is 1. The van der Waals surface area contributed by atoms with Crippen LogP contribution in [-0.2, 0) is 4.79 Å². The highest BCUT2D eigenvalue weighted by Gasteiger charge is 2.14. The lowest BCUT2D eigenvalue weighted by Crippen LogP contribution is -2.17. The highest BCUT2D eigenvalue weighted by atomic mass is 16.6. The van der Waals surface area contributed by atoms with E-state index < -0.39 is 5.91 Å². The topological polar surface area (TPSA) is 71.4 Å². The van der Waals surface area contributed by atoms with Gasteiger partial charge in [-0.05, 0) is 40.6 Å². The number of benzene rings is 3. The van der Waals surface area contributed by atoms with Gasteiger partial charge in [-0.15, -0.1) is 0 Å². The molecule has 0 saturated heterocycles. The summed E-state index contributed by atoms with van der Waals surface area (Å²) in [6.45, 7) is 0.974. The molecular weight excluding hydrogens is 340 g/mol. The molecule has 4 rings (SSSR count). The molecule has 1 aliphatic rings. The van der Waals surface area contributed by atoms with Crippen molar-refractivity contribution in [1.29, 1.82) is 5.26 Å². The summed E-state index contributed by atoms with van der Waals surface area (Å²) < 4.78 is 11.0. The number of rotatable bonds is 3. The van der Waals surface area contributed by atoms with Gasteiger partial charge in [0, 0.05) is 11.8 Å². The minimum atomic E-state index is -0.470. The minimum Gasteiger partial charge on any atom is -0.486 e. The van der Waals surface area contributed by atoms with E-state index in [2.05, 4.69) is 5.32 Å². The van der Waals surface area contributed by atoms with Gasteiger partial charge in [-0.25, -0.2) is 0 Å². The number of fused-ring (bicyclic) bond motifs is 2. The van der Waals surface area contributed by atoms with Crippen molar-refractivity contribution < 1.29 is 14.3 Å². The highest BCUT2D eigenvalue weighted by molar-refractivity contribution is 6.10. The molecule has 27 heavy (non-hydrogen) atoms. The monoisotopic (exact) mass is 356 g/mol. The molecule has 0 atom stereocenters. The van der Waals surface area contributed by atoms with E-state index in [4.69, 9.17) is 9.47 Å². The zero-order valence-electron chi connectivity index (χ0n) is 14.4. The first kappa shape index (κ1) is 16.7. The lowest BCUT2D eigenvalue weighted by molar-refractivity contribution is -0.112. The maximum atomic E-state index is 12.5. The van der Waals surface area contributed by atoms with E-state index in [1.807, 2.05) is 48.5 Å². The molecule has 132 valence electrons. The van der Waals surface area contributed by atoms with Crippen molar-refractivity contribution >= 4 is 28.4 Å². The van der Waals surface area contributed by atoms with E-state index in [0.29, 0.717) is 30.4 Å². The Morgan fingerprint density at radius 3 is 2.56 bits per heavy atom. The second kappa shape index (κ2) is 7.22. The standard InChI is InChI=1S/C22H16N2O3/c23-14-18(12-15-5-6-16-3-1-2-4-17(16)11-15)22(25)24-19-7-8-20-21(13-19)27-10-9-26-20/h1-8,11-13H,9-10H2,(H,24,25). The van der Waals surface area contributed by atoms with Crippen molar-refractivity contribution in [3.63, 3.8) is 0 Å². The summed E-state index contributed by atoms with van der Waals surface area (Å²) in [6, 6.07) is 20.9. The molecule has 1 heterocycles. The molecule has 3 aromatic rings. The molecular formula is C22H16N2O3. The maximum Gasteiger partial charge on any atom is 0.266 e. The van der Waals surface area contributed by atoms with Gasteiger partial charge in [-0.2, -0.15) is 5.26 Å². The molecule has 1 amide bonds. The molecule has 0 saturated carbocycles. The fraction of sp³-hybridized carbons (Fsp3) is 0.0909. The van der Waals surface area contributed by atoms with Gasteiger partial charge in [0.25, 0.3) is 5.91 Å². The number of ether oxygens (including phenoxy) is 2. The summed E-state index contributed by atoms with van der Waals surface area (Å²) in [5, 5.41) is 14.3. The Morgan fingerprint density at radius 2 is 1.74 bits per heavy atom. The number of hydrogen-bond acceptors (Lipinski definition) is 4. The molecule has 1 N–H and O–H groups in total. The molecule has 0 radical (unpaired) electrons. The van der Waals surface area contributed by atoms with Crippen molar-refractivity contribution in [1.82, 2.24) is 0 Å². The van der Waals surface area contributed by atoms with Crippen LogP contribution in [0.4, 0.5) is 5.69 Å². The van der Waals surface area contributed by atoms with Gasteiger partial charge in [-0.1, -0.05) is 36.4 Å². The van der Waals surface area contributed by atoms with E-state index in [1.54, 1.807) is 24.3 Å². The number of nitrogens with zero attached hydrogens (tertiary/aromatic N) is 1. The van der Waals surface area contributed by atoms with Crippen LogP contribution >= 0.6 is 0 Å². The van der Waals surface area contributed by atoms with E-state index in [0.717, 1.165) is 16.3 Å². The van der Waals surface area contributed by atoms with Crippen LogP contribution in [0.3, 0.4) is 0 Å². The van der Waals surface area contributed by atoms with Gasteiger partial charge in [0.15, 0.2) is 11.5 Å². The fourth-order valence-corrected chi connectivity index (χ4v) is 2.93. The van der Waals surface area contributed by atoms with Crippen LogP contribution in [-0.4, -0.2) is 19.1 Å².